The van der Waals surface area contributed by atoms with E-state index in [0.29, 0.717) is 4.47 Å². The number of halogens is 3. The first kappa shape index (κ1) is 14.5. The maximum absolute atomic E-state index is 12.7. The van der Waals surface area contributed by atoms with E-state index in [1.54, 1.807) is 0 Å². The number of rotatable bonds is 3. The fourth-order valence-electron chi connectivity index (χ4n) is 1.53. The van der Waals surface area contributed by atoms with Gasteiger partial charge in [0.25, 0.3) is 12.3 Å². The third-order valence-electron chi connectivity index (χ3n) is 2.57. The minimum absolute atomic E-state index is 0.0863. The smallest absolute Gasteiger partial charge is 0.278 e. The Kier molecular flexibility index (Phi) is 4.07. The van der Waals surface area contributed by atoms with Gasteiger partial charge in [-0.3, -0.25) is 14.4 Å². The monoisotopic (exact) mass is 345 g/mol. The van der Waals surface area contributed by atoms with Gasteiger partial charge in [-0.1, -0.05) is 0 Å². The van der Waals surface area contributed by atoms with E-state index in [0.717, 1.165) is 15.6 Å². The highest BCUT2D eigenvalue weighted by atomic mass is 79.9. The Morgan fingerprint density at radius 3 is 2.50 bits per heavy atom. The molecule has 2 aromatic rings. The molecule has 106 valence electrons. The molecule has 0 N–H and O–H groups in total. The minimum Gasteiger partial charge on any atom is -0.278 e. The van der Waals surface area contributed by atoms with Crippen molar-refractivity contribution in [3.05, 3.63) is 34.3 Å². The molecule has 2 aromatic heterocycles. The SMILES string of the molecule is CN(C(=O)c1cc(C(F)F)n(C)n1)c1ncc(Br)cn1. The average Bonchev–Trinajstić information content (AvgIpc) is 2.80. The first-order valence-corrected chi connectivity index (χ1v) is 6.27. The number of alkyl halides is 2. The van der Waals surface area contributed by atoms with Gasteiger partial charge in [0, 0.05) is 26.5 Å². The van der Waals surface area contributed by atoms with E-state index in [1.165, 1.54) is 26.5 Å². The Morgan fingerprint density at radius 2 is 2.00 bits per heavy atom. The number of aromatic nitrogens is 4. The summed E-state index contributed by atoms with van der Waals surface area (Å²) in [6.45, 7) is 0. The molecule has 20 heavy (non-hydrogen) atoms. The molecule has 0 saturated heterocycles. The molecule has 0 radical (unpaired) electrons. The highest BCUT2D eigenvalue weighted by Crippen LogP contribution is 2.20. The maximum Gasteiger partial charge on any atom is 0.280 e. The standard InChI is InChI=1S/C11H10BrF2N5O/c1-18(11-15-4-6(12)5-16-11)10(20)7-3-8(9(13)14)19(2)17-7/h3-5,9H,1-2H3. The molecule has 0 atom stereocenters. The van der Waals surface area contributed by atoms with Gasteiger partial charge in [0.05, 0.1) is 4.47 Å². The van der Waals surface area contributed by atoms with Gasteiger partial charge in [0.15, 0.2) is 5.69 Å². The van der Waals surface area contributed by atoms with Crippen molar-refractivity contribution in [2.24, 2.45) is 7.05 Å². The summed E-state index contributed by atoms with van der Waals surface area (Å²) in [5.41, 5.74) is -0.407. The first-order chi connectivity index (χ1) is 9.40. The van der Waals surface area contributed by atoms with Crippen molar-refractivity contribution < 1.29 is 13.6 Å². The van der Waals surface area contributed by atoms with Crippen LogP contribution in [0.3, 0.4) is 0 Å². The average molecular weight is 346 g/mol. The summed E-state index contributed by atoms with van der Waals surface area (Å²) in [5.74, 6) is -0.405. The number of aryl methyl sites for hydroxylation is 1. The summed E-state index contributed by atoms with van der Waals surface area (Å²) in [5, 5.41) is 3.78. The molecule has 0 fully saturated rings. The molecule has 0 aliphatic heterocycles. The molecular formula is C11H10BrF2N5O. The fourth-order valence-corrected chi connectivity index (χ4v) is 1.74. The Balaban J connectivity index is 2.26. The van der Waals surface area contributed by atoms with Crippen molar-refractivity contribution in [3.63, 3.8) is 0 Å². The van der Waals surface area contributed by atoms with Crippen LogP contribution in [0.5, 0.6) is 0 Å². The number of amides is 1. The minimum atomic E-state index is -2.69. The first-order valence-electron chi connectivity index (χ1n) is 5.48. The van der Waals surface area contributed by atoms with Gasteiger partial charge in [-0.05, 0) is 22.0 Å². The quantitative estimate of drug-likeness (QED) is 0.855. The lowest BCUT2D eigenvalue weighted by Crippen LogP contribution is -2.28. The topological polar surface area (TPSA) is 63.9 Å². The molecule has 9 heteroatoms. The van der Waals surface area contributed by atoms with Crippen molar-refractivity contribution in [2.45, 2.75) is 6.43 Å². The summed E-state index contributed by atoms with van der Waals surface area (Å²) >= 11 is 3.18. The number of nitrogens with zero attached hydrogens (tertiary/aromatic N) is 5. The van der Waals surface area contributed by atoms with Crippen molar-refractivity contribution in [2.75, 3.05) is 11.9 Å². The fraction of sp³-hybridized carbons (Fsp3) is 0.273. The number of anilines is 1. The van der Waals surface area contributed by atoms with E-state index in [4.69, 9.17) is 0 Å². The predicted octanol–water partition coefficient (Wildman–Crippen LogP) is 2.19. The molecule has 0 aromatic carbocycles. The summed E-state index contributed by atoms with van der Waals surface area (Å²) in [6.07, 6.45) is 0.271. The highest BCUT2D eigenvalue weighted by molar-refractivity contribution is 9.10. The number of carbonyl (C=O) groups is 1. The summed E-state index contributed by atoms with van der Waals surface area (Å²) in [7, 11) is 2.80. The lowest BCUT2D eigenvalue weighted by molar-refractivity contribution is 0.0986. The third kappa shape index (κ3) is 2.82. The molecule has 6 nitrogen and oxygen atoms in total. The second kappa shape index (κ2) is 5.61. The Morgan fingerprint density at radius 1 is 1.40 bits per heavy atom. The van der Waals surface area contributed by atoms with Gasteiger partial charge in [-0.2, -0.15) is 5.10 Å². The van der Waals surface area contributed by atoms with E-state index < -0.39 is 12.3 Å². The highest BCUT2D eigenvalue weighted by Gasteiger charge is 2.22. The van der Waals surface area contributed by atoms with E-state index in [-0.39, 0.29) is 17.3 Å². The van der Waals surface area contributed by atoms with Gasteiger partial charge in [0.1, 0.15) is 5.69 Å². The lowest BCUT2D eigenvalue weighted by atomic mass is 10.3. The molecule has 0 spiro atoms. The largest absolute Gasteiger partial charge is 0.280 e. The maximum atomic E-state index is 12.7. The zero-order chi connectivity index (χ0) is 14.9. The van der Waals surface area contributed by atoms with Crippen LogP contribution in [0.2, 0.25) is 0 Å². The number of hydrogen-bond acceptors (Lipinski definition) is 4. The van der Waals surface area contributed by atoms with Gasteiger partial charge in [-0.15, -0.1) is 0 Å². The summed E-state index contributed by atoms with van der Waals surface area (Å²) < 4.78 is 27.0. The Bertz CT molecular complexity index is 628. The van der Waals surface area contributed by atoms with Crippen LogP contribution in [0.25, 0.3) is 0 Å². The van der Waals surface area contributed by atoms with E-state index >= 15 is 0 Å². The molecule has 1 amide bonds. The van der Waals surface area contributed by atoms with Gasteiger partial charge in [-0.25, -0.2) is 18.7 Å². The molecule has 2 heterocycles. The number of hydrogen-bond donors (Lipinski definition) is 0. The van der Waals surface area contributed by atoms with E-state index in [1.807, 2.05) is 0 Å². The van der Waals surface area contributed by atoms with Gasteiger partial charge < -0.3 is 0 Å². The van der Waals surface area contributed by atoms with Crippen LogP contribution >= 0.6 is 15.9 Å². The van der Waals surface area contributed by atoms with Crippen LogP contribution in [-0.4, -0.2) is 32.7 Å². The van der Waals surface area contributed by atoms with Crippen LogP contribution in [-0.2, 0) is 7.05 Å². The summed E-state index contributed by atoms with van der Waals surface area (Å²) in [6, 6.07) is 1.06. The normalized spacial score (nSPS) is 10.9. The zero-order valence-electron chi connectivity index (χ0n) is 10.6. The summed E-state index contributed by atoms with van der Waals surface area (Å²) in [4.78, 5) is 21.2. The predicted molar refractivity (Wildman–Crippen MR) is 70.6 cm³/mol. The molecule has 0 aliphatic rings. The molecule has 0 unspecified atom stereocenters. The van der Waals surface area contributed by atoms with E-state index in [9.17, 15) is 13.6 Å². The molecule has 0 bridgehead atoms. The molecule has 2 rings (SSSR count). The van der Waals surface area contributed by atoms with E-state index in [2.05, 4.69) is 31.0 Å². The molecular weight excluding hydrogens is 336 g/mol. The van der Waals surface area contributed by atoms with Crippen LogP contribution in [0, 0.1) is 0 Å². The zero-order valence-corrected chi connectivity index (χ0v) is 12.2. The van der Waals surface area contributed by atoms with Crippen LogP contribution < -0.4 is 4.90 Å². The van der Waals surface area contributed by atoms with Crippen LogP contribution in [0.4, 0.5) is 14.7 Å². The Hall–Kier alpha value is -1.90. The molecule has 0 saturated carbocycles. The molecule has 0 aliphatic carbocycles. The number of carbonyl (C=O) groups excluding carboxylic acids is 1. The second-order valence-corrected chi connectivity index (χ2v) is 4.86. The van der Waals surface area contributed by atoms with Crippen molar-refractivity contribution in [1.29, 1.82) is 0 Å². The van der Waals surface area contributed by atoms with Gasteiger partial charge in [0.2, 0.25) is 5.95 Å². The van der Waals surface area contributed by atoms with Crippen LogP contribution in [0.1, 0.15) is 22.6 Å². The van der Waals surface area contributed by atoms with Crippen LogP contribution in [0.15, 0.2) is 22.9 Å². The van der Waals surface area contributed by atoms with Gasteiger partial charge >= 0.3 is 0 Å². The lowest BCUT2D eigenvalue weighted by Gasteiger charge is -2.12. The second-order valence-electron chi connectivity index (χ2n) is 3.94. The Labute approximate surface area is 121 Å². The van der Waals surface area contributed by atoms with Crippen molar-refractivity contribution in [1.82, 2.24) is 19.7 Å². The van der Waals surface area contributed by atoms with Crippen molar-refractivity contribution >= 4 is 27.8 Å². The third-order valence-corrected chi connectivity index (χ3v) is 2.98. The van der Waals surface area contributed by atoms with Crippen molar-refractivity contribution in [3.8, 4) is 0 Å².